The molecule has 0 radical (unpaired) electrons. The minimum atomic E-state index is -0.567. The fraction of sp³-hybridized carbons (Fsp3) is 0.333. The fourth-order valence-corrected chi connectivity index (χ4v) is 3.42. The Kier molecular flexibility index (Phi) is 5.26. The smallest absolute Gasteiger partial charge is 0.417 e. The quantitative estimate of drug-likeness (QED) is 0.808. The highest BCUT2D eigenvalue weighted by Gasteiger charge is 2.39. The molecule has 2 aromatic rings. The van der Waals surface area contributed by atoms with E-state index >= 15 is 0 Å². The first-order valence-electron chi connectivity index (χ1n) is 8.69. The van der Waals surface area contributed by atoms with Gasteiger partial charge < -0.3 is 9.47 Å². The van der Waals surface area contributed by atoms with Crippen LogP contribution in [0.1, 0.15) is 42.0 Å². The van der Waals surface area contributed by atoms with Crippen molar-refractivity contribution < 1.29 is 19.1 Å². The average Bonchev–Trinajstić information content (AvgIpc) is 3.03. The molecule has 2 amide bonds. The van der Waals surface area contributed by atoms with Gasteiger partial charge in [-0.05, 0) is 41.7 Å². The van der Waals surface area contributed by atoms with Gasteiger partial charge in [0.15, 0.2) is 0 Å². The highest BCUT2D eigenvalue weighted by Crippen LogP contribution is 2.31. The summed E-state index contributed by atoms with van der Waals surface area (Å²) in [5, 5.41) is 0. The van der Waals surface area contributed by atoms with Crippen LogP contribution in [0.2, 0.25) is 0 Å². The third-order valence-electron chi connectivity index (χ3n) is 4.81. The van der Waals surface area contributed by atoms with E-state index in [0.29, 0.717) is 0 Å². The van der Waals surface area contributed by atoms with Crippen molar-refractivity contribution >= 4 is 12.0 Å². The number of methoxy groups -OCH3 is 1. The van der Waals surface area contributed by atoms with Gasteiger partial charge in [-0.25, -0.2) is 9.69 Å². The summed E-state index contributed by atoms with van der Waals surface area (Å²) >= 11 is 0. The van der Waals surface area contributed by atoms with Gasteiger partial charge in [-0.3, -0.25) is 4.79 Å². The van der Waals surface area contributed by atoms with Gasteiger partial charge in [-0.2, -0.15) is 0 Å². The van der Waals surface area contributed by atoms with Crippen LogP contribution in [0, 0.1) is 6.92 Å². The summed E-state index contributed by atoms with van der Waals surface area (Å²) in [6.45, 7) is 4.19. The number of carbonyl (C=O) groups excluding carboxylic acids is 2. The van der Waals surface area contributed by atoms with Crippen molar-refractivity contribution in [2.24, 2.45) is 0 Å². The van der Waals surface area contributed by atoms with Crippen LogP contribution in [-0.2, 0) is 9.53 Å². The van der Waals surface area contributed by atoms with E-state index in [0.717, 1.165) is 22.4 Å². The second-order valence-electron chi connectivity index (χ2n) is 6.59. The van der Waals surface area contributed by atoms with Gasteiger partial charge >= 0.3 is 6.09 Å². The summed E-state index contributed by atoms with van der Waals surface area (Å²) in [5.41, 5.74) is 3.04. The molecule has 3 rings (SSSR count). The molecule has 0 bridgehead atoms. The van der Waals surface area contributed by atoms with Crippen molar-refractivity contribution in [3.63, 3.8) is 0 Å². The van der Waals surface area contributed by atoms with Crippen LogP contribution in [0.4, 0.5) is 4.79 Å². The lowest BCUT2D eigenvalue weighted by Gasteiger charge is -2.22. The largest absolute Gasteiger partial charge is 0.497 e. The van der Waals surface area contributed by atoms with E-state index < -0.39 is 6.09 Å². The number of rotatable bonds is 5. The zero-order valence-corrected chi connectivity index (χ0v) is 15.3. The van der Waals surface area contributed by atoms with Gasteiger partial charge in [0.2, 0.25) is 5.91 Å². The predicted octanol–water partition coefficient (Wildman–Crippen LogP) is 4.22. The van der Waals surface area contributed by atoms with E-state index in [1.165, 1.54) is 4.90 Å². The Balaban J connectivity index is 1.76. The topological polar surface area (TPSA) is 55.8 Å². The van der Waals surface area contributed by atoms with Crippen molar-refractivity contribution in [1.82, 2.24) is 4.90 Å². The molecule has 0 saturated carbocycles. The van der Waals surface area contributed by atoms with Crippen LogP contribution in [0.5, 0.6) is 5.75 Å². The minimum absolute atomic E-state index is 0.0155. The molecular formula is C21H23NO4. The van der Waals surface area contributed by atoms with E-state index in [2.05, 4.69) is 0 Å². The number of carbonyl (C=O) groups is 2. The van der Waals surface area contributed by atoms with Crippen molar-refractivity contribution in [2.75, 3.05) is 13.7 Å². The normalized spacial score (nSPS) is 17.7. The standard InChI is InChI=1S/C21H23NO4/c1-14-11-17(25-3)9-10-18(14)15(2)12-20(23)22-19(13-26-21(22)24)16-7-5-4-6-8-16/h4-11,15,19H,12-13H2,1-3H3/t15-,19-/m0/s1. The molecule has 1 saturated heterocycles. The number of ether oxygens (including phenoxy) is 2. The van der Waals surface area contributed by atoms with Crippen molar-refractivity contribution in [2.45, 2.75) is 32.2 Å². The number of hydrogen-bond acceptors (Lipinski definition) is 4. The monoisotopic (exact) mass is 353 g/mol. The third-order valence-corrected chi connectivity index (χ3v) is 4.81. The lowest BCUT2D eigenvalue weighted by molar-refractivity contribution is -0.129. The Labute approximate surface area is 153 Å². The number of aryl methyl sites for hydroxylation is 1. The van der Waals surface area contributed by atoms with E-state index in [4.69, 9.17) is 9.47 Å². The highest BCUT2D eigenvalue weighted by atomic mass is 16.6. The first kappa shape index (κ1) is 18.0. The fourth-order valence-electron chi connectivity index (χ4n) is 3.42. The van der Waals surface area contributed by atoms with E-state index in [-0.39, 0.29) is 30.9 Å². The zero-order chi connectivity index (χ0) is 18.7. The average molecular weight is 353 g/mol. The zero-order valence-electron chi connectivity index (χ0n) is 15.3. The molecule has 0 spiro atoms. The molecule has 1 heterocycles. The number of hydrogen-bond donors (Lipinski definition) is 0. The summed E-state index contributed by atoms with van der Waals surface area (Å²) in [7, 11) is 1.63. The van der Waals surface area contributed by atoms with Gasteiger partial charge in [0.05, 0.1) is 7.11 Å². The van der Waals surface area contributed by atoms with Crippen molar-refractivity contribution in [3.05, 3.63) is 65.2 Å². The summed E-state index contributed by atoms with van der Waals surface area (Å²) in [4.78, 5) is 26.2. The molecule has 136 valence electrons. The first-order chi connectivity index (χ1) is 12.5. The number of amides is 2. The SMILES string of the molecule is COc1ccc([C@@H](C)CC(=O)N2C(=O)OC[C@H]2c2ccccc2)c(C)c1. The van der Waals surface area contributed by atoms with Crippen LogP contribution in [0.25, 0.3) is 0 Å². The van der Waals surface area contributed by atoms with E-state index in [9.17, 15) is 9.59 Å². The van der Waals surface area contributed by atoms with Crippen LogP contribution < -0.4 is 4.74 Å². The molecule has 26 heavy (non-hydrogen) atoms. The Morgan fingerprint density at radius 2 is 2.00 bits per heavy atom. The third kappa shape index (κ3) is 3.57. The maximum absolute atomic E-state index is 12.9. The van der Waals surface area contributed by atoms with Crippen LogP contribution in [0.3, 0.4) is 0 Å². The van der Waals surface area contributed by atoms with Crippen molar-refractivity contribution in [3.8, 4) is 5.75 Å². The second kappa shape index (κ2) is 7.60. The van der Waals surface area contributed by atoms with Gasteiger partial charge in [-0.1, -0.05) is 43.3 Å². The highest BCUT2D eigenvalue weighted by molar-refractivity contribution is 5.94. The molecule has 5 heteroatoms. The molecule has 0 unspecified atom stereocenters. The molecule has 0 aromatic heterocycles. The lowest BCUT2D eigenvalue weighted by atomic mass is 9.92. The predicted molar refractivity (Wildman–Crippen MR) is 98.1 cm³/mol. The number of imide groups is 1. The van der Waals surface area contributed by atoms with Crippen LogP contribution in [0.15, 0.2) is 48.5 Å². The first-order valence-corrected chi connectivity index (χ1v) is 8.69. The molecule has 2 atom stereocenters. The maximum atomic E-state index is 12.9. The van der Waals surface area contributed by atoms with Gasteiger partial charge in [0.25, 0.3) is 0 Å². The molecule has 1 aliphatic rings. The Morgan fingerprint density at radius 3 is 2.65 bits per heavy atom. The summed E-state index contributed by atoms with van der Waals surface area (Å²) in [5.74, 6) is 0.555. The van der Waals surface area contributed by atoms with Crippen LogP contribution in [-0.4, -0.2) is 30.6 Å². The van der Waals surface area contributed by atoms with E-state index in [1.807, 2.05) is 62.4 Å². The van der Waals surface area contributed by atoms with E-state index in [1.54, 1.807) is 7.11 Å². The molecule has 0 N–H and O–H groups in total. The van der Waals surface area contributed by atoms with Gasteiger partial charge in [0.1, 0.15) is 18.4 Å². The number of nitrogens with zero attached hydrogens (tertiary/aromatic N) is 1. The molecule has 5 nitrogen and oxygen atoms in total. The number of benzene rings is 2. The van der Waals surface area contributed by atoms with Gasteiger partial charge in [0, 0.05) is 6.42 Å². The second-order valence-corrected chi connectivity index (χ2v) is 6.59. The Bertz CT molecular complexity index is 803. The maximum Gasteiger partial charge on any atom is 0.417 e. The molecule has 1 fully saturated rings. The molecular weight excluding hydrogens is 330 g/mol. The lowest BCUT2D eigenvalue weighted by Crippen LogP contribution is -2.34. The summed E-state index contributed by atoms with van der Waals surface area (Å²) in [6.07, 6.45) is -0.325. The molecule has 1 aliphatic heterocycles. The van der Waals surface area contributed by atoms with Gasteiger partial charge in [-0.15, -0.1) is 0 Å². The molecule has 2 aromatic carbocycles. The summed E-state index contributed by atoms with van der Waals surface area (Å²) < 4.78 is 10.4. The Morgan fingerprint density at radius 1 is 1.27 bits per heavy atom. The number of cyclic esters (lactones) is 1. The Hall–Kier alpha value is -2.82. The molecule has 0 aliphatic carbocycles. The summed E-state index contributed by atoms with van der Waals surface area (Å²) in [6, 6.07) is 15.0. The van der Waals surface area contributed by atoms with Crippen LogP contribution >= 0.6 is 0 Å². The minimum Gasteiger partial charge on any atom is -0.497 e. The van der Waals surface area contributed by atoms with Crippen molar-refractivity contribution in [1.29, 1.82) is 0 Å².